The van der Waals surface area contributed by atoms with E-state index in [0.29, 0.717) is 24.3 Å². The Morgan fingerprint density at radius 2 is 1.92 bits per heavy atom. The first-order valence-electron chi connectivity index (χ1n) is 8.84. The van der Waals surface area contributed by atoms with Crippen molar-refractivity contribution < 1.29 is 14.3 Å². The number of aryl methyl sites for hydroxylation is 2. The van der Waals surface area contributed by atoms with Crippen LogP contribution >= 0.6 is 0 Å². The van der Waals surface area contributed by atoms with Gasteiger partial charge in [0.15, 0.2) is 11.5 Å². The molecule has 7 nitrogen and oxygen atoms in total. The maximum Gasteiger partial charge on any atom is 0.223 e. The highest BCUT2D eigenvalue weighted by Gasteiger charge is 2.23. The van der Waals surface area contributed by atoms with Crippen LogP contribution in [0.3, 0.4) is 0 Å². The van der Waals surface area contributed by atoms with Gasteiger partial charge in [0.05, 0.1) is 14.2 Å². The maximum atomic E-state index is 12.6. The largest absolute Gasteiger partial charge is 0.493 e. The fourth-order valence-corrected chi connectivity index (χ4v) is 3.37. The molecule has 0 bridgehead atoms. The van der Waals surface area contributed by atoms with E-state index in [4.69, 9.17) is 9.47 Å². The van der Waals surface area contributed by atoms with E-state index in [9.17, 15) is 4.79 Å². The molecule has 1 aromatic carbocycles. The van der Waals surface area contributed by atoms with Crippen molar-refractivity contribution in [1.29, 1.82) is 0 Å². The lowest BCUT2D eigenvalue weighted by molar-refractivity contribution is -0.131. The summed E-state index contributed by atoms with van der Waals surface area (Å²) in [4.78, 5) is 21.1. The van der Waals surface area contributed by atoms with Crippen LogP contribution in [0.5, 0.6) is 11.5 Å². The van der Waals surface area contributed by atoms with Crippen molar-refractivity contribution in [1.82, 2.24) is 14.5 Å². The lowest BCUT2D eigenvalue weighted by Gasteiger charge is -2.35. The minimum absolute atomic E-state index is 0.175. The van der Waals surface area contributed by atoms with Crippen LogP contribution in [0.4, 0.5) is 5.95 Å². The zero-order valence-corrected chi connectivity index (χ0v) is 15.6. The number of imidazole rings is 1. The fourth-order valence-electron chi connectivity index (χ4n) is 3.37. The standard InChI is InChI=1S/C19H26N4O3/c1-21-10-9-20-19(21)23-13-11-22(12-14-23)17(24)8-7-15-5-4-6-16(25-2)18(15)26-3/h4-6,9-10H,7-8,11-14H2,1-3H3. The quantitative estimate of drug-likeness (QED) is 0.787. The number of carbonyl (C=O) groups is 1. The molecule has 3 rings (SSSR count). The number of methoxy groups -OCH3 is 2. The number of benzene rings is 1. The summed E-state index contributed by atoms with van der Waals surface area (Å²) in [6.07, 6.45) is 4.84. The summed E-state index contributed by atoms with van der Waals surface area (Å²) in [5.74, 6) is 2.54. The van der Waals surface area contributed by atoms with Crippen LogP contribution < -0.4 is 14.4 Å². The molecule has 0 atom stereocenters. The second-order valence-electron chi connectivity index (χ2n) is 6.36. The Morgan fingerprint density at radius 1 is 1.15 bits per heavy atom. The molecular weight excluding hydrogens is 332 g/mol. The summed E-state index contributed by atoms with van der Waals surface area (Å²) in [6.45, 7) is 3.06. The number of hydrogen-bond acceptors (Lipinski definition) is 5. The van der Waals surface area contributed by atoms with Gasteiger partial charge in [0, 0.05) is 52.0 Å². The first-order chi connectivity index (χ1) is 12.6. The van der Waals surface area contributed by atoms with Crippen molar-refractivity contribution in [2.24, 2.45) is 7.05 Å². The third-order valence-corrected chi connectivity index (χ3v) is 4.80. The van der Waals surface area contributed by atoms with Gasteiger partial charge in [-0.25, -0.2) is 4.98 Å². The van der Waals surface area contributed by atoms with Gasteiger partial charge in [-0.3, -0.25) is 4.79 Å². The number of carbonyl (C=O) groups excluding carboxylic acids is 1. The van der Waals surface area contributed by atoms with E-state index in [0.717, 1.165) is 37.7 Å². The van der Waals surface area contributed by atoms with E-state index in [2.05, 4.69) is 9.88 Å². The fraction of sp³-hybridized carbons (Fsp3) is 0.474. The van der Waals surface area contributed by atoms with Gasteiger partial charge >= 0.3 is 0 Å². The number of rotatable bonds is 6. The Labute approximate surface area is 154 Å². The summed E-state index contributed by atoms with van der Waals surface area (Å²) < 4.78 is 12.8. The van der Waals surface area contributed by atoms with Crippen LogP contribution in [0, 0.1) is 0 Å². The Hall–Kier alpha value is -2.70. The molecule has 0 N–H and O–H groups in total. The average molecular weight is 358 g/mol. The van der Waals surface area contributed by atoms with Gasteiger partial charge in [-0.1, -0.05) is 12.1 Å². The van der Waals surface area contributed by atoms with Crippen molar-refractivity contribution in [3.63, 3.8) is 0 Å². The smallest absolute Gasteiger partial charge is 0.223 e. The van der Waals surface area contributed by atoms with Gasteiger partial charge in [0.25, 0.3) is 0 Å². The minimum atomic E-state index is 0.175. The van der Waals surface area contributed by atoms with E-state index in [1.54, 1.807) is 20.4 Å². The summed E-state index contributed by atoms with van der Waals surface area (Å²) in [6, 6.07) is 5.77. The van der Waals surface area contributed by atoms with Crippen LogP contribution in [0.1, 0.15) is 12.0 Å². The van der Waals surface area contributed by atoms with Gasteiger partial charge in [0.2, 0.25) is 11.9 Å². The molecule has 1 amide bonds. The Kier molecular flexibility index (Phi) is 5.65. The average Bonchev–Trinajstić information content (AvgIpc) is 3.11. The maximum absolute atomic E-state index is 12.6. The number of nitrogens with zero attached hydrogens (tertiary/aromatic N) is 4. The molecule has 2 heterocycles. The van der Waals surface area contributed by atoms with Crippen molar-refractivity contribution >= 4 is 11.9 Å². The number of hydrogen-bond donors (Lipinski definition) is 0. The molecule has 1 aromatic heterocycles. The molecule has 1 fully saturated rings. The summed E-state index contributed by atoms with van der Waals surface area (Å²) >= 11 is 0. The molecule has 7 heteroatoms. The molecule has 0 unspecified atom stereocenters. The van der Waals surface area contributed by atoms with Gasteiger partial charge in [0.1, 0.15) is 0 Å². The van der Waals surface area contributed by atoms with Gasteiger partial charge in [-0.2, -0.15) is 0 Å². The topological polar surface area (TPSA) is 59.8 Å². The second kappa shape index (κ2) is 8.12. The first-order valence-corrected chi connectivity index (χ1v) is 8.84. The predicted octanol–water partition coefficient (Wildman–Crippen LogP) is 1.72. The van der Waals surface area contributed by atoms with Crippen molar-refractivity contribution in [2.75, 3.05) is 45.3 Å². The molecule has 1 saturated heterocycles. The van der Waals surface area contributed by atoms with Crippen LogP contribution in [-0.2, 0) is 18.3 Å². The number of anilines is 1. The van der Waals surface area contributed by atoms with Crippen LogP contribution in [0.15, 0.2) is 30.6 Å². The SMILES string of the molecule is COc1cccc(CCC(=O)N2CCN(c3nccn3C)CC2)c1OC. The molecule has 0 radical (unpaired) electrons. The normalized spacial score (nSPS) is 14.4. The highest BCUT2D eigenvalue weighted by molar-refractivity contribution is 5.77. The van der Waals surface area contributed by atoms with Crippen molar-refractivity contribution in [2.45, 2.75) is 12.8 Å². The molecule has 0 aliphatic carbocycles. The lowest BCUT2D eigenvalue weighted by Crippen LogP contribution is -2.49. The predicted molar refractivity (Wildman–Crippen MR) is 99.9 cm³/mol. The monoisotopic (exact) mass is 358 g/mol. The number of piperazine rings is 1. The number of amides is 1. The molecule has 0 saturated carbocycles. The van der Waals surface area contributed by atoms with Gasteiger partial charge in [-0.15, -0.1) is 0 Å². The molecule has 140 valence electrons. The molecule has 26 heavy (non-hydrogen) atoms. The Balaban J connectivity index is 1.55. The highest BCUT2D eigenvalue weighted by atomic mass is 16.5. The first kappa shape index (κ1) is 18.1. The van der Waals surface area contributed by atoms with Crippen LogP contribution in [0.25, 0.3) is 0 Å². The summed E-state index contributed by atoms with van der Waals surface area (Å²) in [5.41, 5.74) is 0.992. The zero-order valence-electron chi connectivity index (χ0n) is 15.6. The Morgan fingerprint density at radius 3 is 2.54 bits per heavy atom. The van der Waals surface area contributed by atoms with Crippen molar-refractivity contribution in [3.05, 3.63) is 36.2 Å². The van der Waals surface area contributed by atoms with E-state index in [1.807, 2.05) is 40.9 Å². The minimum Gasteiger partial charge on any atom is -0.493 e. The Bertz CT molecular complexity index is 751. The van der Waals surface area contributed by atoms with E-state index < -0.39 is 0 Å². The van der Waals surface area contributed by atoms with E-state index in [1.165, 1.54) is 0 Å². The molecule has 1 aliphatic rings. The van der Waals surface area contributed by atoms with Crippen molar-refractivity contribution in [3.8, 4) is 11.5 Å². The summed E-state index contributed by atoms with van der Waals surface area (Å²) in [5, 5.41) is 0. The molecular formula is C19H26N4O3. The van der Waals surface area contributed by atoms with Gasteiger partial charge in [-0.05, 0) is 18.1 Å². The number of ether oxygens (including phenoxy) is 2. The molecule has 0 spiro atoms. The molecule has 2 aromatic rings. The number of para-hydroxylation sites is 1. The third-order valence-electron chi connectivity index (χ3n) is 4.80. The van der Waals surface area contributed by atoms with Crippen LogP contribution in [-0.4, -0.2) is 60.8 Å². The molecule has 1 aliphatic heterocycles. The summed E-state index contributed by atoms with van der Waals surface area (Å²) in [7, 11) is 5.23. The van der Waals surface area contributed by atoms with E-state index in [-0.39, 0.29) is 5.91 Å². The third kappa shape index (κ3) is 3.76. The highest BCUT2D eigenvalue weighted by Crippen LogP contribution is 2.31. The van der Waals surface area contributed by atoms with Gasteiger partial charge < -0.3 is 23.8 Å². The van der Waals surface area contributed by atoms with E-state index >= 15 is 0 Å². The lowest BCUT2D eigenvalue weighted by atomic mass is 10.1. The van der Waals surface area contributed by atoms with Crippen LogP contribution in [0.2, 0.25) is 0 Å². The number of aromatic nitrogens is 2. The zero-order chi connectivity index (χ0) is 18.5. The second-order valence-corrected chi connectivity index (χ2v) is 6.36.